The number of carbonyl (C=O) groups is 2. The molecule has 21 heavy (non-hydrogen) atoms. The molecule has 1 aromatic rings. The van der Waals surface area contributed by atoms with Crippen molar-refractivity contribution in [3.8, 4) is 5.75 Å². The molecule has 0 aliphatic carbocycles. The molecule has 2 aliphatic rings. The van der Waals surface area contributed by atoms with Crippen LogP contribution in [0.15, 0.2) is 12.1 Å². The molecule has 2 aliphatic heterocycles. The van der Waals surface area contributed by atoms with Crippen molar-refractivity contribution in [3.05, 3.63) is 23.5 Å². The van der Waals surface area contributed by atoms with Crippen LogP contribution in [-0.2, 0) is 16.1 Å². The van der Waals surface area contributed by atoms with Crippen LogP contribution in [0.1, 0.15) is 11.4 Å². The number of fused-ring (bicyclic) bond motifs is 1. The third-order valence-electron chi connectivity index (χ3n) is 3.96. The van der Waals surface area contributed by atoms with Gasteiger partial charge in [-0.3, -0.25) is 19.5 Å². The minimum atomic E-state index is -0.438. The molecule has 0 saturated carbocycles. The number of piperazine rings is 2. The lowest BCUT2D eigenvalue weighted by atomic mass is 10.1. The molecule has 2 amide bonds. The maximum Gasteiger partial charge on any atom is 0.244 e. The van der Waals surface area contributed by atoms with E-state index in [1.165, 1.54) is 0 Å². The van der Waals surface area contributed by atoms with Crippen LogP contribution in [0.2, 0.25) is 0 Å². The van der Waals surface area contributed by atoms with E-state index in [1.54, 1.807) is 17.0 Å². The largest absolute Gasteiger partial charge is 0.506 e. The lowest BCUT2D eigenvalue weighted by molar-refractivity contribution is -0.149. The Labute approximate surface area is 122 Å². The molecule has 2 saturated heterocycles. The van der Waals surface area contributed by atoms with E-state index in [0.29, 0.717) is 31.9 Å². The standard InChI is InChI=1S/C14H18N4O3/c1-9-2-3-12(19)10(16-9)7-17-4-5-18-11(8-17)14(21)15-6-13(18)20/h2-3,11,19H,4-8H2,1H3,(H,15,21). The number of hydrogen-bond donors (Lipinski definition) is 2. The van der Waals surface area contributed by atoms with Crippen molar-refractivity contribution < 1.29 is 14.7 Å². The van der Waals surface area contributed by atoms with Gasteiger partial charge in [0.25, 0.3) is 0 Å². The zero-order chi connectivity index (χ0) is 15.0. The first-order valence-electron chi connectivity index (χ1n) is 6.99. The summed E-state index contributed by atoms with van der Waals surface area (Å²) in [5.41, 5.74) is 1.44. The van der Waals surface area contributed by atoms with Gasteiger partial charge >= 0.3 is 0 Å². The zero-order valence-corrected chi connectivity index (χ0v) is 11.9. The van der Waals surface area contributed by atoms with E-state index in [0.717, 1.165) is 5.69 Å². The van der Waals surface area contributed by atoms with Crippen molar-refractivity contribution in [1.82, 2.24) is 20.1 Å². The Morgan fingerprint density at radius 1 is 1.38 bits per heavy atom. The van der Waals surface area contributed by atoms with E-state index in [9.17, 15) is 14.7 Å². The van der Waals surface area contributed by atoms with E-state index in [1.807, 2.05) is 11.8 Å². The maximum atomic E-state index is 11.9. The van der Waals surface area contributed by atoms with Gasteiger partial charge in [-0.1, -0.05) is 0 Å². The molecule has 0 spiro atoms. The van der Waals surface area contributed by atoms with E-state index in [2.05, 4.69) is 10.3 Å². The monoisotopic (exact) mass is 290 g/mol. The predicted molar refractivity (Wildman–Crippen MR) is 74.4 cm³/mol. The van der Waals surface area contributed by atoms with Gasteiger partial charge in [0.15, 0.2) is 0 Å². The number of rotatable bonds is 2. The van der Waals surface area contributed by atoms with E-state index in [4.69, 9.17) is 0 Å². The molecule has 1 atom stereocenters. The first-order valence-corrected chi connectivity index (χ1v) is 6.99. The Morgan fingerprint density at radius 2 is 2.19 bits per heavy atom. The van der Waals surface area contributed by atoms with Gasteiger partial charge in [-0.25, -0.2) is 0 Å². The third-order valence-corrected chi connectivity index (χ3v) is 3.96. The molecule has 0 radical (unpaired) electrons. The van der Waals surface area contributed by atoms with Crippen molar-refractivity contribution in [2.45, 2.75) is 19.5 Å². The van der Waals surface area contributed by atoms with Gasteiger partial charge in [-0.15, -0.1) is 0 Å². The highest BCUT2D eigenvalue weighted by Gasteiger charge is 2.38. The van der Waals surface area contributed by atoms with E-state index >= 15 is 0 Å². The molecular weight excluding hydrogens is 272 g/mol. The van der Waals surface area contributed by atoms with Gasteiger partial charge in [-0.05, 0) is 19.1 Å². The Kier molecular flexibility index (Phi) is 3.50. The van der Waals surface area contributed by atoms with Crippen molar-refractivity contribution >= 4 is 11.8 Å². The van der Waals surface area contributed by atoms with Crippen molar-refractivity contribution in [3.63, 3.8) is 0 Å². The summed E-state index contributed by atoms with van der Waals surface area (Å²) in [6.45, 7) is 4.10. The number of nitrogens with zero attached hydrogens (tertiary/aromatic N) is 3. The van der Waals surface area contributed by atoms with E-state index in [-0.39, 0.29) is 24.1 Å². The highest BCUT2D eigenvalue weighted by atomic mass is 16.3. The average Bonchev–Trinajstić information content (AvgIpc) is 2.47. The lowest BCUT2D eigenvalue weighted by Gasteiger charge is -2.42. The molecule has 3 heterocycles. The van der Waals surface area contributed by atoms with Crippen LogP contribution < -0.4 is 5.32 Å². The summed E-state index contributed by atoms with van der Waals surface area (Å²) in [7, 11) is 0. The zero-order valence-electron chi connectivity index (χ0n) is 11.9. The fraction of sp³-hybridized carbons (Fsp3) is 0.500. The number of carbonyl (C=O) groups excluding carboxylic acids is 2. The number of hydrogen-bond acceptors (Lipinski definition) is 5. The summed E-state index contributed by atoms with van der Waals surface area (Å²) >= 11 is 0. The maximum absolute atomic E-state index is 11.9. The third kappa shape index (κ3) is 2.69. The fourth-order valence-electron chi connectivity index (χ4n) is 2.82. The second kappa shape index (κ2) is 5.33. The normalized spacial score (nSPS) is 22.9. The second-order valence-electron chi connectivity index (χ2n) is 5.47. The second-order valence-corrected chi connectivity index (χ2v) is 5.47. The van der Waals surface area contributed by atoms with Crippen molar-refractivity contribution in [2.24, 2.45) is 0 Å². The van der Waals surface area contributed by atoms with Gasteiger partial charge in [-0.2, -0.15) is 0 Å². The quantitative estimate of drug-likeness (QED) is 0.747. The van der Waals surface area contributed by atoms with Crippen molar-refractivity contribution in [2.75, 3.05) is 26.2 Å². The van der Waals surface area contributed by atoms with Crippen LogP contribution in [0.5, 0.6) is 5.75 Å². The number of nitrogens with one attached hydrogen (secondary N) is 1. The van der Waals surface area contributed by atoms with Gasteiger partial charge < -0.3 is 15.3 Å². The average molecular weight is 290 g/mol. The smallest absolute Gasteiger partial charge is 0.244 e. The van der Waals surface area contributed by atoms with Gasteiger partial charge in [0.1, 0.15) is 11.8 Å². The molecule has 112 valence electrons. The summed E-state index contributed by atoms with van der Waals surface area (Å²) in [6, 6.07) is 2.95. The Balaban J connectivity index is 1.72. The molecular formula is C14H18N4O3. The van der Waals surface area contributed by atoms with Gasteiger partial charge in [0.2, 0.25) is 11.8 Å². The topological polar surface area (TPSA) is 85.8 Å². The minimum Gasteiger partial charge on any atom is -0.506 e. The number of aryl methyl sites for hydroxylation is 1. The fourth-order valence-corrected chi connectivity index (χ4v) is 2.82. The number of aromatic nitrogens is 1. The summed E-state index contributed by atoms with van der Waals surface area (Å²) in [4.78, 5) is 31.7. The molecule has 0 aromatic carbocycles. The summed E-state index contributed by atoms with van der Waals surface area (Å²) in [5.74, 6) is 0.0173. The lowest BCUT2D eigenvalue weighted by Crippen LogP contribution is -2.65. The summed E-state index contributed by atoms with van der Waals surface area (Å²) < 4.78 is 0. The molecule has 1 aromatic heterocycles. The first kappa shape index (κ1) is 13.8. The highest BCUT2D eigenvalue weighted by molar-refractivity contribution is 5.95. The molecule has 1 unspecified atom stereocenters. The Morgan fingerprint density at radius 3 is 3.00 bits per heavy atom. The molecule has 0 bridgehead atoms. The molecule has 2 fully saturated rings. The van der Waals surface area contributed by atoms with Crippen LogP contribution >= 0.6 is 0 Å². The van der Waals surface area contributed by atoms with Gasteiger partial charge in [0.05, 0.1) is 12.2 Å². The van der Waals surface area contributed by atoms with Crippen LogP contribution in [-0.4, -0.2) is 63.9 Å². The number of pyridine rings is 1. The molecule has 7 nitrogen and oxygen atoms in total. The Hall–Kier alpha value is -2.15. The van der Waals surface area contributed by atoms with Crippen LogP contribution in [0.25, 0.3) is 0 Å². The predicted octanol–water partition coefficient (Wildman–Crippen LogP) is -0.762. The SMILES string of the molecule is Cc1ccc(O)c(CN2CCN3C(=O)CNC(=O)C3C2)n1. The summed E-state index contributed by atoms with van der Waals surface area (Å²) in [6.07, 6.45) is 0. The number of aromatic hydroxyl groups is 1. The van der Waals surface area contributed by atoms with Gasteiger partial charge in [0, 0.05) is 31.9 Å². The highest BCUT2D eigenvalue weighted by Crippen LogP contribution is 2.20. The van der Waals surface area contributed by atoms with Crippen LogP contribution in [0, 0.1) is 6.92 Å². The molecule has 7 heteroatoms. The first-order chi connectivity index (χ1) is 10.0. The Bertz CT molecular complexity index is 590. The van der Waals surface area contributed by atoms with Crippen LogP contribution in [0.4, 0.5) is 0 Å². The van der Waals surface area contributed by atoms with Crippen LogP contribution in [0.3, 0.4) is 0 Å². The molecule has 2 N–H and O–H groups in total. The summed E-state index contributed by atoms with van der Waals surface area (Å²) in [5, 5.41) is 12.5. The van der Waals surface area contributed by atoms with Crippen molar-refractivity contribution in [1.29, 1.82) is 0 Å². The minimum absolute atomic E-state index is 0.0317. The number of amides is 2. The molecule has 3 rings (SSSR count). The van der Waals surface area contributed by atoms with E-state index < -0.39 is 6.04 Å².